The number of carbonyl (C=O) groups is 4. The Kier molecular flexibility index (Phi) is 12.1. The Morgan fingerprint density at radius 3 is 1.39 bits per heavy atom. The summed E-state index contributed by atoms with van der Waals surface area (Å²) in [6.07, 6.45) is -0.239. The van der Waals surface area contributed by atoms with Crippen LogP contribution in [0, 0.1) is 0 Å². The topological polar surface area (TPSA) is 172 Å². The van der Waals surface area contributed by atoms with Crippen molar-refractivity contribution in [3.8, 4) is 0 Å². The first-order chi connectivity index (χ1) is 11.0. The normalized spacial score (nSPS) is 9.83. The van der Waals surface area contributed by atoms with E-state index in [4.69, 9.17) is 25.9 Å². The molecule has 0 aromatic heterocycles. The molecule has 0 atom stereocenters. The van der Waals surface area contributed by atoms with E-state index in [1.165, 1.54) is 0 Å². The molecule has 0 aliphatic rings. The van der Waals surface area contributed by atoms with Gasteiger partial charge in [0.2, 0.25) is 11.8 Å². The Labute approximate surface area is 132 Å². The fraction of sp³-hybridized carbons (Fsp3) is 0.667. The van der Waals surface area contributed by atoms with E-state index in [-0.39, 0.29) is 52.1 Å². The molecule has 11 heteroatoms. The van der Waals surface area contributed by atoms with Gasteiger partial charge in [-0.2, -0.15) is 0 Å². The lowest BCUT2D eigenvalue weighted by atomic mass is 10.3. The molecule has 0 fully saturated rings. The molecule has 0 aliphatic carbocycles. The lowest BCUT2D eigenvalue weighted by Crippen LogP contribution is -2.30. The van der Waals surface area contributed by atoms with Gasteiger partial charge in [-0.25, -0.2) is 11.7 Å². The smallest absolute Gasteiger partial charge is 0.306 e. The summed E-state index contributed by atoms with van der Waals surface area (Å²) in [5, 5.41) is 0. The fourth-order valence-electron chi connectivity index (χ4n) is 1.25. The summed E-state index contributed by atoms with van der Waals surface area (Å²) in [5.74, 6) is 7.72. The zero-order valence-corrected chi connectivity index (χ0v) is 12.7. The molecular formula is C12H22N4O7. The summed E-state index contributed by atoms with van der Waals surface area (Å²) in [6, 6.07) is 0. The van der Waals surface area contributed by atoms with Gasteiger partial charge in [-0.15, -0.1) is 0 Å². The van der Waals surface area contributed by atoms with E-state index in [0.717, 1.165) is 0 Å². The summed E-state index contributed by atoms with van der Waals surface area (Å²) in [4.78, 5) is 43.9. The number of ether oxygens (including phenoxy) is 3. The molecule has 23 heavy (non-hydrogen) atoms. The molecule has 0 aromatic rings. The molecule has 6 N–H and O–H groups in total. The van der Waals surface area contributed by atoms with E-state index in [2.05, 4.69) is 0 Å². The van der Waals surface area contributed by atoms with E-state index in [9.17, 15) is 19.2 Å². The van der Waals surface area contributed by atoms with Crippen molar-refractivity contribution in [1.82, 2.24) is 10.9 Å². The number of rotatable bonds is 12. The lowest BCUT2D eigenvalue weighted by Gasteiger charge is -2.07. The highest BCUT2D eigenvalue weighted by Gasteiger charge is 2.08. The highest BCUT2D eigenvalue weighted by atomic mass is 16.6. The Morgan fingerprint density at radius 2 is 1.04 bits per heavy atom. The van der Waals surface area contributed by atoms with Crippen molar-refractivity contribution < 1.29 is 33.4 Å². The van der Waals surface area contributed by atoms with Crippen molar-refractivity contribution in [2.24, 2.45) is 11.7 Å². The van der Waals surface area contributed by atoms with Crippen LogP contribution in [0.5, 0.6) is 0 Å². The minimum Gasteiger partial charge on any atom is -0.463 e. The molecule has 0 unspecified atom stereocenters. The van der Waals surface area contributed by atoms with Gasteiger partial charge < -0.3 is 14.2 Å². The first kappa shape index (κ1) is 20.8. The molecule has 0 spiro atoms. The number of nitrogens with one attached hydrogen (secondary N) is 2. The third-order valence-electron chi connectivity index (χ3n) is 2.42. The number of nitrogens with two attached hydrogens (primary N) is 2. The second kappa shape index (κ2) is 13.4. The largest absolute Gasteiger partial charge is 0.463 e. The highest BCUT2D eigenvalue weighted by Crippen LogP contribution is 1.94. The number of carbonyl (C=O) groups excluding carboxylic acids is 4. The average Bonchev–Trinajstić information content (AvgIpc) is 2.56. The van der Waals surface area contributed by atoms with Crippen LogP contribution in [0.25, 0.3) is 0 Å². The third-order valence-corrected chi connectivity index (χ3v) is 2.42. The van der Waals surface area contributed by atoms with Crippen molar-refractivity contribution in [1.29, 1.82) is 0 Å². The molecule has 132 valence electrons. The van der Waals surface area contributed by atoms with E-state index in [1.54, 1.807) is 0 Å². The van der Waals surface area contributed by atoms with E-state index in [1.807, 2.05) is 10.9 Å². The van der Waals surface area contributed by atoms with Crippen molar-refractivity contribution in [2.45, 2.75) is 25.7 Å². The Hall–Kier alpha value is -2.24. The van der Waals surface area contributed by atoms with Gasteiger partial charge >= 0.3 is 11.9 Å². The molecular weight excluding hydrogens is 312 g/mol. The van der Waals surface area contributed by atoms with E-state index in [0.29, 0.717) is 0 Å². The van der Waals surface area contributed by atoms with Gasteiger partial charge in [0, 0.05) is 12.8 Å². The summed E-state index contributed by atoms with van der Waals surface area (Å²) in [5.41, 5.74) is 3.79. The second-order valence-electron chi connectivity index (χ2n) is 4.19. The number of hydrazine groups is 2. The average molecular weight is 334 g/mol. The summed E-state index contributed by atoms with van der Waals surface area (Å²) in [7, 11) is 0. The van der Waals surface area contributed by atoms with Crippen molar-refractivity contribution in [2.75, 3.05) is 26.4 Å². The van der Waals surface area contributed by atoms with Gasteiger partial charge in [-0.1, -0.05) is 0 Å². The summed E-state index contributed by atoms with van der Waals surface area (Å²) in [6.45, 7) is 0.297. The van der Waals surface area contributed by atoms with Gasteiger partial charge in [0.1, 0.15) is 13.2 Å². The van der Waals surface area contributed by atoms with Gasteiger partial charge in [0.05, 0.1) is 26.1 Å². The van der Waals surface area contributed by atoms with Crippen LogP contribution >= 0.6 is 0 Å². The van der Waals surface area contributed by atoms with Crippen LogP contribution in [0.1, 0.15) is 25.7 Å². The molecule has 0 rings (SSSR count). The van der Waals surface area contributed by atoms with Crippen LogP contribution in [-0.4, -0.2) is 50.2 Å². The Bertz CT molecular complexity index is 367. The quantitative estimate of drug-likeness (QED) is 0.1000. The molecule has 0 radical (unpaired) electrons. The summed E-state index contributed by atoms with van der Waals surface area (Å²) < 4.78 is 14.7. The maximum atomic E-state index is 11.2. The van der Waals surface area contributed by atoms with Crippen LogP contribution in [0.3, 0.4) is 0 Å². The SMILES string of the molecule is NNC(=O)CCC(=O)OCCOCCOC(=O)CCC(=O)NN. The number of esters is 2. The van der Waals surface area contributed by atoms with Gasteiger partial charge in [-0.05, 0) is 0 Å². The molecule has 0 saturated heterocycles. The number of hydrogen-bond acceptors (Lipinski definition) is 9. The molecule has 11 nitrogen and oxygen atoms in total. The van der Waals surface area contributed by atoms with E-state index < -0.39 is 23.8 Å². The fourth-order valence-corrected chi connectivity index (χ4v) is 1.25. The molecule has 0 saturated carbocycles. The maximum Gasteiger partial charge on any atom is 0.306 e. The Balaban J connectivity index is 3.42. The maximum absolute atomic E-state index is 11.2. The second-order valence-corrected chi connectivity index (χ2v) is 4.19. The van der Waals surface area contributed by atoms with Gasteiger partial charge in [-0.3, -0.25) is 30.0 Å². The van der Waals surface area contributed by atoms with Crippen LogP contribution in [-0.2, 0) is 33.4 Å². The molecule has 0 aliphatic heterocycles. The minimum atomic E-state index is -0.540. The molecule has 0 aromatic carbocycles. The number of hydrogen-bond donors (Lipinski definition) is 4. The zero-order valence-electron chi connectivity index (χ0n) is 12.7. The van der Waals surface area contributed by atoms with Crippen molar-refractivity contribution >= 4 is 23.8 Å². The molecule has 0 heterocycles. The van der Waals surface area contributed by atoms with Gasteiger partial charge in [0.15, 0.2) is 0 Å². The van der Waals surface area contributed by atoms with Gasteiger partial charge in [0.25, 0.3) is 0 Å². The zero-order chi connectivity index (χ0) is 17.5. The predicted octanol–water partition coefficient (Wildman–Crippen LogP) is -2.37. The molecule has 0 bridgehead atoms. The standard InChI is InChI=1S/C12H22N4O7/c13-15-9(17)1-3-11(19)22-7-5-21-6-8-23-12(20)4-2-10(18)16-14/h1-8,13-14H2,(H,15,17)(H,16,18). The Morgan fingerprint density at radius 1 is 0.652 bits per heavy atom. The third kappa shape index (κ3) is 13.2. The van der Waals surface area contributed by atoms with Crippen LogP contribution < -0.4 is 22.5 Å². The lowest BCUT2D eigenvalue weighted by molar-refractivity contribution is -0.148. The van der Waals surface area contributed by atoms with Crippen molar-refractivity contribution in [3.05, 3.63) is 0 Å². The van der Waals surface area contributed by atoms with Crippen LogP contribution in [0.4, 0.5) is 0 Å². The van der Waals surface area contributed by atoms with Crippen LogP contribution in [0.15, 0.2) is 0 Å². The number of amides is 2. The highest BCUT2D eigenvalue weighted by molar-refractivity contribution is 5.81. The van der Waals surface area contributed by atoms with Crippen LogP contribution in [0.2, 0.25) is 0 Å². The molecule has 2 amide bonds. The summed E-state index contributed by atoms with van der Waals surface area (Å²) >= 11 is 0. The minimum absolute atomic E-state index is 0.0215. The van der Waals surface area contributed by atoms with E-state index >= 15 is 0 Å². The monoisotopic (exact) mass is 334 g/mol. The van der Waals surface area contributed by atoms with Crippen molar-refractivity contribution in [3.63, 3.8) is 0 Å². The first-order valence-electron chi connectivity index (χ1n) is 6.87. The first-order valence-corrected chi connectivity index (χ1v) is 6.87. The predicted molar refractivity (Wildman–Crippen MR) is 75.9 cm³/mol.